The van der Waals surface area contributed by atoms with Crippen LogP contribution in [0.4, 0.5) is 11.5 Å². The third-order valence-corrected chi connectivity index (χ3v) is 5.12. The van der Waals surface area contributed by atoms with Crippen molar-refractivity contribution < 1.29 is 13.2 Å². The van der Waals surface area contributed by atoms with Crippen LogP contribution in [-0.4, -0.2) is 29.5 Å². The van der Waals surface area contributed by atoms with Crippen LogP contribution in [-0.2, 0) is 10.0 Å². The van der Waals surface area contributed by atoms with Crippen LogP contribution >= 0.6 is 22.9 Å². The molecule has 0 fully saturated rings. The number of carbonyl (C=O) groups is 1. The van der Waals surface area contributed by atoms with Gasteiger partial charge in [-0.15, -0.1) is 21.5 Å². The predicted octanol–water partition coefficient (Wildman–Crippen LogP) is 2.64. The number of hydrogen-bond acceptors (Lipinski definition) is 7. The van der Waals surface area contributed by atoms with Gasteiger partial charge in [0, 0.05) is 11.1 Å². The summed E-state index contributed by atoms with van der Waals surface area (Å²) in [4.78, 5) is 15.8. The molecule has 0 saturated heterocycles. The van der Waals surface area contributed by atoms with E-state index in [-0.39, 0.29) is 21.8 Å². The van der Waals surface area contributed by atoms with Gasteiger partial charge in [0.15, 0.2) is 11.0 Å². The van der Waals surface area contributed by atoms with Crippen LogP contribution in [0.1, 0.15) is 10.5 Å². The number of nitrogens with one attached hydrogen (secondary N) is 2. The standard InChI is InChI=1S/C14H10ClN5O3S2/c15-12-5-6-13(19-18-12)20-25(22,23)10-3-1-9(2-4-10)17-14(21)11-7-24-8-16-11/h1-8H,(H,17,21)(H,19,20). The fourth-order valence-corrected chi connectivity index (χ4v) is 3.43. The van der Waals surface area contributed by atoms with Crippen LogP contribution in [0.25, 0.3) is 0 Å². The Kier molecular flexibility index (Phi) is 4.93. The monoisotopic (exact) mass is 395 g/mol. The predicted molar refractivity (Wildman–Crippen MR) is 94.4 cm³/mol. The summed E-state index contributed by atoms with van der Waals surface area (Å²) >= 11 is 6.91. The molecule has 2 heterocycles. The molecule has 0 atom stereocenters. The molecular weight excluding hydrogens is 386 g/mol. The lowest BCUT2D eigenvalue weighted by molar-refractivity contribution is 0.102. The maximum atomic E-state index is 12.3. The van der Waals surface area contributed by atoms with Crippen LogP contribution in [0.2, 0.25) is 5.15 Å². The van der Waals surface area contributed by atoms with Gasteiger partial charge in [-0.05, 0) is 36.4 Å². The van der Waals surface area contributed by atoms with Gasteiger partial charge in [-0.25, -0.2) is 13.4 Å². The summed E-state index contributed by atoms with van der Waals surface area (Å²) in [5.41, 5.74) is 2.29. The Labute approximate surface area is 152 Å². The zero-order valence-corrected chi connectivity index (χ0v) is 14.8. The van der Waals surface area contributed by atoms with Crippen molar-refractivity contribution in [3.8, 4) is 0 Å². The minimum absolute atomic E-state index is 0.0101. The average Bonchev–Trinajstić information content (AvgIpc) is 3.12. The molecule has 3 aromatic rings. The number of amides is 1. The molecule has 0 radical (unpaired) electrons. The maximum Gasteiger partial charge on any atom is 0.275 e. The lowest BCUT2D eigenvalue weighted by Gasteiger charge is -2.08. The molecular formula is C14H10ClN5O3S2. The van der Waals surface area contributed by atoms with Crippen molar-refractivity contribution in [1.29, 1.82) is 0 Å². The van der Waals surface area contributed by atoms with Crippen molar-refractivity contribution in [2.75, 3.05) is 10.0 Å². The molecule has 0 aliphatic carbocycles. The van der Waals surface area contributed by atoms with Crippen LogP contribution in [0.15, 0.2) is 52.2 Å². The molecule has 0 spiro atoms. The molecule has 1 amide bonds. The number of aromatic nitrogens is 3. The van der Waals surface area contributed by atoms with Crippen LogP contribution in [0, 0.1) is 0 Å². The first-order chi connectivity index (χ1) is 11.9. The van der Waals surface area contributed by atoms with Crippen LogP contribution in [0.5, 0.6) is 0 Å². The van der Waals surface area contributed by atoms with Crippen LogP contribution < -0.4 is 10.0 Å². The first-order valence-electron chi connectivity index (χ1n) is 6.76. The summed E-state index contributed by atoms with van der Waals surface area (Å²) in [6.45, 7) is 0. The summed E-state index contributed by atoms with van der Waals surface area (Å²) < 4.78 is 26.9. The quantitative estimate of drug-likeness (QED) is 0.686. The lowest BCUT2D eigenvalue weighted by Crippen LogP contribution is -2.15. The molecule has 128 valence electrons. The molecule has 2 N–H and O–H groups in total. The first-order valence-corrected chi connectivity index (χ1v) is 9.56. The number of carbonyl (C=O) groups excluding carboxylic acids is 1. The van der Waals surface area contributed by atoms with Crippen LogP contribution in [0.3, 0.4) is 0 Å². The van der Waals surface area contributed by atoms with E-state index in [1.807, 2.05) is 0 Å². The summed E-state index contributed by atoms with van der Waals surface area (Å²) in [5.74, 6) is -0.322. The van der Waals surface area contributed by atoms with Gasteiger partial charge in [0.25, 0.3) is 15.9 Å². The molecule has 8 nitrogen and oxygen atoms in total. The highest BCUT2D eigenvalue weighted by molar-refractivity contribution is 7.92. The van der Waals surface area contributed by atoms with Gasteiger partial charge in [0.05, 0.1) is 10.4 Å². The largest absolute Gasteiger partial charge is 0.321 e. The highest BCUT2D eigenvalue weighted by atomic mass is 35.5. The Morgan fingerprint density at radius 1 is 1.08 bits per heavy atom. The normalized spacial score (nSPS) is 11.1. The molecule has 1 aromatic carbocycles. The maximum absolute atomic E-state index is 12.3. The number of rotatable bonds is 5. The van der Waals surface area contributed by atoms with E-state index in [4.69, 9.17) is 11.6 Å². The first kappa shape index (κ1) is 17.3. The summed E-state index contributed by atoms with van der Waals surface area (Å²) in [5, 5.41) is 11.6. The Morgan fingerprint density at radius 2 is 1.84 bits per heavy atom. The van der Waals surface area contributed by atoms with E-state index >= 15 is 0 Å². The minimum atomic E-state index is -3.83. The van der Waals surface area contributed by atoms with Gasteiger partial charge in [0.1, 0.15) is 5.69 Å². The highest BCUT2D eigenvalue weighted by Crippen LogP contribution is 2.18. The summed E-state index contributed by atoms with van der Waals surface area (Å²) in [6.07, 6.45) is 0. The Morgan fingerprint density at radius 3 is 2.44 bits per heavy atom. The zero-order valence-electron chi connectivity index (χ0n) is 12.4. The lowest BCUT2D eigenvalue weighted by atomic mass is 10.3. The van der Waals surface area contributed by atoms with Gasteiger partial charge in [-0.2, -0.15) is 0 Å². The topological polar surface area (TPSA) is 114 Å². The Hall–Kier alpha value is -2.56. The molecule has 3 rings (SSSR count). The van der Waals surface area contributed by atoms with E-state index in [1.54, 1.807) is 10.9 Å². The molecule has 2 aromatic heterocycles. The molecule has 11 heteroatoms. The van der Waals surface area contributed by atoms with E-state index in [2.05, 4.69) is 25.2 Å². The van der Waals surface area contributed by atoms with E-state index in [1.165, 1.54) is 47.7 Å². The number of hydrogen-bond donors (Lipinski definition) is 2. The second-order valence-corrected chi connectivity index (χ2v) is 7.49. The van der Waals surface area contributed by atoms with Crippen molar-refractivity contribution in [2.45, 2.75) is 4.90 Å². The number of benzene rings is 1. The second-order valence-electron chi connectivity index (χ2n) is 4.70. The van der Waals surface area contributed by atoms with Crippen molar-refractivity contribution in [1.82, 2.24) is 15.2 Å². The van der Waals surface area contributed by atoms with Gasteiger partial charge in [0.2, 0.25) is 0 Å². The molecule has 0 aliphatic rings. The van der Waals surface area contributed by atoms with Crippen molar-refractivity contribution >= 4 is 50.4 Å². The summed E-state index contributed by atoms with van der Waals surface area (Å²) in [6, 6.07) is 8.50. The second kappa shape index (κ2) is 7.13. The molecule has 0 unspecified atom stereocenters. The molecule has 0 saturated carbocycles. The SMILES string of the molecule is O=C(Nc1ccc(S(=O)(=O)Nc2ccc(Cl)nn2)cc1)c1cscn1. The van der Waals surface area contributed by atoms with Crippen molar-refractivity contribution in [3.05, 3.63) is 58.1 Å². The van der Waals surface area contributed by atoms with Gasteiger partial charge < -0.3 is 5.32 Å². The Bertz CT molecular complexity index is 974. The zero-order chi connectivity index (χ0) is 17.9. The number of nitrogens with zero attached hydrogens (tertiary/aromatic N) is 3. The average molecular weight is 396 g/mol. The van der Waals surface area contributed by atoms with Gasteiger partial charge in [-0.1, -0.05) is 11.6 Å². The number of thiazole rings is 1. The minimum Gasteiger partial charge on any atom is -0.321 e. The smallest absolute Gasteiger partial charge is 0.275 e. The van der Waals surface area contributed by atoms with E-state index in [0.717, 1.165) is 0 Å². The fraction of sp³-hybridized carbons (Fsp3) is 0. The van der Waals surface area contributed by atoms with E-state index in [0.29, 0.717) is 11.4 Å². The van der Waals surface area contributed by atoms with E-state index < -0.39 is 10.0 Å². The van der Waals surface area contributed by atoms with Gasteiger partial charge in [-0.3, -0.25) is 9.52 Å². The third kappa shape index (κ3) is 4.29. The fourth-order valence-electron chi connectivity index (χ4n) is 1.80. The van der Waals surface area contributed by atoms with E-state index in [9.17, 15) is 13.2 Å². The molecule has 0 bridgehead atoms. The number of sulfonamides is 1. The Balaban J connectivity index is 1.72. The summed E-state index contributed by atoms with van der Waals surface area (Å²) in [7, 11) is -3.83. The highest BCUT2D eigenvalue weighted by Gasteiger charge is 2.15. The molecule has 25 heavy (non-hydrogen) atoms. The van der Waals surface area contributed by atoms with Gasteiger partial charge >= 0.3 is 0 Å². The van der Waals surface area contributed by atoms with Crippen molar-refractivity contribution in [3.63, 3.8) is 0 Å². The number of anilines is 2. The molecule has 0 aliphatic heterocycles. The number of halogens is 1. The third-order valence-electron chi connectivity index (χ3n) is 2.96. The van der Waals surface area contributed by atoms with Crippen molar-refractivity contribution in [2.24, 2.45) is 0 Å².